The molecule has 0 unspecified atom stereocenters. The molecule has 0 heterocycles. The number of thioether (sulfide) groups is 1. The second-order valence-corrected chi connectivity index (χ2v) is 5.69. The summed E-state index contributed by atoms with van der Waals surface area (Å²) in [5, 5.41) is 8.95. The fraction of sp³-hybridized carbons (Fsp3) is 0.143. The second kappa shape index (κ2) is 6.24. The lowest BCUT2D eigenvalue weighted by Gasteiger charge is -2.03. The summed E-state index contributed by atoms with van der Waals surface area (Å²) >= 11 is 5.27. The van der Waals surface area contributed by atoms with Crippen LogP contribution < -0.4 is 0 Å². The van der Waals surface area contributed by atoms with Crippen molar-refractivity contribution in [2.75, 3.05) is 0 Å². The van der Waals surface area contributed by atoms with Crippen molar-refractivity contribution < 1.29 is 5.11 Å². The zero-order valence-electron chi connectivity index (χ0n) is 9.27. The van der Waals surface area contributed by atoms with Gasteiger partial charge in [-0.3, -0.25) is 0 Å². The van der Waals surface area contributed by atoms with E-state index in [1.807, 2.05) is 30.3 Å². The quantitative estimate of drug-likeness (QED) is 0.853. The van der Waals surface area contributed by atoms with Crippen molar-refractivity contribution in [1.29, 1.82) is 0 Å². The SMILES string of the molecule is OCc1ccc(SCc2cccc(Br)c2)cc1. The van der Waals surface area contributed by atoms with Gasteiger partial charge in [0.1, 0.15) is 0 Å². The van der Waals surface area contributed by atoms with Gasteiger partial charge in [-0.2, -0.15) is 0 Å². The molecule has 88 valence electrons. The van der Waals surface area contributed by atoms with E-state index in [9.17, 15) is 0 Å². The van der Waals surface area contributed by atoms with Crippen molar-refractivity contribution in [2.24, 2.45) is 0 Å². The van der Waals surface area contributed by atoms with E-state index in [0.29, 0.717) is 0 Å². The summed E-state index contributed by atoms with van der Waals surface area (Å²) in [6.07, 6.45) is 0. The van der Waals surface area contributed by atoms with Crippen LogP contribution in [0.2, 0.25) is 0 Å². The maximum Gasteiger partial charge on any atom is 0.0681 e. The Labute approximate surface area is 114 Å². The molecule has 0 fully saturated rings. The fourth-order valence-electron chi connectivity index (χ4n) is 1.48. The predicted molar refractivity (Wildman–Crippen MR) is 76.1 cm³/mol. The molecule has 0 aliphatic rings. The van der Waals surface area contributed by atoms with Gasteiger partial charge in [-0.1, -0.05) is 40.2 Å². The lowest BCUT2D eigenvalue weighted by atomic mass is 10.2. The molecule has 0 radical (unpaired) electrons. The van der Waals surface area contributed by atoms with Crippen molar-refractivity contribution in [2.45, 2.75) is 17.3 Å². The largest absolute Gasteiger partial charge is 0.392 e. The van der Waals surface area contributed by atoms with Gasteiger partial charge in [0, 0.05) is 15.1 Å². The van der Waals surface area contributed by atoms with Gasteiger partial charge < -0.3 is 5.11 Å². The number of rotatable bonds is 4. The van der Waals surface area contributed by atoms with Gasteiger partial charge in [0.05, 0.1) is 6.61 Å². The summed E-state index contributed by atoms with van der Waals surface area (Å²) in [6, 6.07) is 16.4. The van der Waals surface area contributed by atoms with Crippen LogP contribution in [0.5, 0.6) is 0 Å². The van der Waals surface area contributed by atoms with Crippen LogP contribution in [0.1, 0.15) is 11.1 Å². The summed E-state index contributed by atoms with van der Waals surface area (Å²) in [5.74, 6) is 0.956. The molecule has 2 aromatic carbocycles. The van der Waals surface area contributed by atoms with Crippen LogP contribution in [0.4, 0.5) is 0 Å². The zero-order chi connectivity index (χ0) is 12.1. The standard InChI is InChI=1S/C14H13BrOS/c15-13-3-1-2-12(8-13)10-17-14-6-4-11(9-16)5-7-14/h1-8,16H,9-10H2. The van der Waals surface area contributed by atoms with Crippen molar-refractivity contribution in [1.82, 2.24) is 0 Å². The highest BCUT2D eigenvalue weighted by atomic mass is 79.9. The van der Waals surface area contributed by atoms with Crippen LogP contribution in [0.25, 0.3) is 0 Å². The molecule has 1 nitrogen and oxygen atoms in total. The van der Waals surface area contributed by atoms with Gasteiger partial charge in [-0.15, -0.1) is 11.8 Å². The Morgan fingerprint density at radius 1 is 1.00 bits per heavy atom. The molecule has 1 N–H and O–H groups in total. The third-order valence-electron chi connectivity index (χ3n) is 2.40. The topological polar surface area (TPSA) is 20.2 Å². The maximum atomic E-state index is 8.95. The van der Waals surface area contributed by atoms with Gasteiger partial charge in [0.15, 0.2) is 0 Å². The number of aliphatic hydroxyl groups is 1. The predicted octanol–water partition coefficient (Wildman–Crippen LogP) is 4.23. The summed E-state index contributed by atoms with van der Waals surface area (Å²) in [6.45, 7) is 0.108. The molecule has 0 saturated carbocycles. The first-order valence-corrected chi connectivity index (χ1v) is 7.13. The van der Waals surface area contributed by atoms with E-state index in [2.05, 4.69) is 34.1 Å². The third-order valence-corrected chi connectivity index (χ3v) is 3.98. The highest BCUT2D eigenvalue weighted by Crippen LogP contribution is 2.24. The molecule has 0 bridgehead atoms. The summed E-state index contributed by atoms with van der Waals surface area (Å²) < 4.78 is 1.12. The molecule has 3 heteroatoms. The minimum absolute atomic E-state index is 0.108. The molecule has 2 rings (SSSR count). The van der Waals surface area contributed by atoms with Crippen molar-refractivity contribution in [3.05, 3.63) is 64.1 Å². The molecule has 0 amide bonds. The van der Waals surface area contributed by atoms with Crippen LogP contribution in [-0.4, -0.2) is 5.11 Å². The number of hydrogen-bond acceptors (Lipinski definition) is 2. The normalized spacial score (nSPS) is 10.5. The second-order valence-electron chi connectivity index (χ2n) is 3.72. The maximum absolute atomic E-state index is 8.95. The highest BCUT2D eigenvalue weighted by molar-refractivity contribution is 9.10. The monoisotopic (exact) mass is 308 g/mol. The number of halogens is 1. The number of hydrogen-bond donors (Lipinski definition) is 1. The Bertz CT molecular complexity index is 482. The lowest BCUT2D eigenvalue weighted by Crippen LogP contribution is -1.83. The fourth-order valence-corrected chi connectivity index (χ4v) is 2.77. The Morgan fingerprint density at radius 2 is 1.76 bits per heavy atom. The lowest BCUT2D eigenvalue weighted by molar-refractivity contribution is 0.282. The third kappa shape index (κ3) is 3.87. The molecular formula is C14H13BrOS. The Kier molecular flexibility index (Phi) is 4.66. The molecular weight excluding hydrogens is 296 g/mol. The minimum atomic E-state index is 0.108. The first kappa shape index (κ1) is 12.7. The van der Waals surface area contributed by atoms with E-state index in [4.69, 9.17) is 5.11 Å². The van der Waals surface area contributed by atoms with E-state index in [0.717, 1.165) is 15.8 Å². The average molecular weight is 309 g/mol. The molecule has 0 aromatic heterocycles. The van der Waals surface area contributed by atoms with E-state index >= 15 is 0 Å². The van der Waals surface area contributed by atoms with Crippen LogP contribution in [0.3, 0.4) is 0 Å². The molecule has 17 heavy (non-hydrogen) atoms. The minimum Gasteiger partial charge on any atom is -0.392 e. The average Bonchev–Trinajstić information content (AvgIpc) is 2.37. The van der Waals surface area contributed by atoms with Gasteiger partial charge in [0.25, 0.3) is 0 Å². The first-order valence-electron chi connectivity index (χ1n) is 5.35. The molecule has 0 aliphatic carbocycles. The number of benzene rings is 2. The van der Waals surface area contributed by atoms with Gasteiger partial charge >= 0.3 is 0 Å². The zero-order valence-corrected chi connectivity index (χ0v) is 11.7. The van der Waals surface area contributed by atoms with Crippen molar-refractivity contribution >= 4 is 27.7 Å². The van der Waals surface area contributed by atoms with Crippen LogP contribution in [0, 0.1) is 0 Å². The Morgan fingerprint density at radius 3 is 2.41 bits per heavy atom. The summed E-state index contributed by atoms with van der Waals surface area (Å²) in [7, 11) is 0. The van der Waals surface area contributed by atoms with Crippen molar-refractivity contribution in [3.8, 4) is 0 Å². The molecule has 0 saturated heterocycles. The van der Waals surface area contributed by atoms with Gasteiger partial charge in [-0.25, -0.2) is 0 Å². The molecule has 0 atom stereocenters. The molecule has 0 aliphatic heterocycles. The van der Waals surface area contributed by atoms with Crippen LogP contribution in [0.15, 0.2) is 57.9 Å². The number of aliphatic hydroxyl groups excluding tert-OH is 1. The van der Waals surface area contributed by atoms with E-state index in [-0.39, 0.29) is 6.61 Å². The van der Waals surface area contributed by atoms with E-state index in [1.165, 1.54) is 10.5 Å². The van der Waals surface area contributed by atoms with E-state index < -0.39 is 0 Å². The summed E-state index contributed by atoms with van der Waals surface area (Å²) in [4.78, 5) is 1.22. The highest BCUT2D eigenvalue weighted by Gasteiger charge is 1.97. The smallest absolute Gasteiger partial charge is 0.0681 e. The van der Waals surface area contributed by atoms with Crippen LogP contribution >= 0.6 is 27.7 Å². The molecule has 2 aromatic rings. The van der Waals surface area contributed by atoms with Gasteiger partial charge in [0.2, 0.25) is 0 Å². The van der Waals surface area contributed by atoms with Crippen molar-refractivity contribution in [3.63, 3.8) is 0 Å². The summed E-state index contributed by atoms with van der Waals surface area (Å²) in [5.41, 5.74) is 2.26. The van der Waals surface area contributed by atoms with Crippen LogP contribution in [-0.2, 0) is 12.4 Å². The molecule has 0 spiro atoms. The Balaban J connectivity index is 1.97. The van der Waals surface area contributed by atoms with Gasteiger partial charge in [-0.05, 0) is 35.4 Å². The Hall–Kier alpha value is -0.770. The first-order chi connectivity index (χ1) is 8.28. The van der Waals surface area contributed by atoms with E-state index in [1.54, 1.807) is 11.8 Å².